The van der Waals surface area contributed by atoms with Crippen LogP contribution in [0.1, 0.15) is 46.5 Å². The van der Waals surface area contributed by atoms with Gasteiger partial charge in [0.25, 0.3) is 0 Å². The fourth-order valence-electron chi connectivity index (χ4n) is 1.47. The van der Waals surface area contributed by atoms with Gasteiger partial charge in [0.2, 0.25) is 5.91 Å². The predicted octanol–water partition coefficient (Wildman–Crippen LogP) is 1.91. The number of nitrogens with two attached hydrogens (primary N) is 1. The lowest BCUT2D eigenvalue weighted by atomic mass is 9.99. The smallest absolute Gasteiger partial charge is 0.224 e. The van der Waals surface area contributed by atoms with Crippen LogP contribution in [0.2, 0.25) is 0 Å². The molecule has 0 aliphatic carbocycles. The normalized spacial score (nSPS) is 14.7. The van der Waals surface area contributed by atoms with Crippen molar-refractivity contribution in [1.82, 2.24) is 5.32 Å². The highest BCUT2D eigenvalue weighted by atomic mass is 16.1. The standard InChI is InChI=1S/C12H26N2O/c1-4-6-7-11(5-2)9-14-12(15)10(3)8-13/h10-11H,4-9,13H2,1-3H3,(H,14,15). The van der Waals surface area contributed by atoms with Crippen LogP contribution in [-0.4, -0.2) is 19.0 Å². The number of hydrogen-bond acceptors (Lipinski definition) is 2. The molecule has 0 aliphatic heterocycles. The van der Waals surface area contributed by atoms with E-state index < -0.39 is 0 Å². The molecule has 3 N–H and O–H groups in total. The third-order valence-electron chi connectivity index (χ3n) is 2.91. The summed E-state index contributed by atoms with van der Waals surface area (Å²) < 4.78 is 0. The maximum atomic E-state index is 11.5. The highest BCUT2D eigenvalue weighted by Gasteiger charge is 2.12. The zero-order valence-corrected chi connectivity index (χ0v) is 10.4. The number of carbonyl (C=O) groups is 1. The van der Waals surface area contributed by atoms with Crippen LogP contribution in [0, 0.1) is 11.8 Å². The van der Waals surface area contributed by atoms with E-state index in [-0.39, 0.29) is 11.8 Å². The second-order valence-electron chi connectivity index (χ2n) is 4.30. The van der Waals surface area contributed by atoms with Crippen molar-refractivity contribution in [3.8, 4) is 0 Å². The molecular formula is C12H26N2O. The van der Waals surface area contributed by atoms with Crippen molar-refractivity contribution >= 4 is 5.91 Å². The second kappa shape index (κ2) is 8.72. The van der Waals surface area contributed by atoms with Gasteiger partial charge in [-0.1, -0.05) is 40.0 Å². The Bertz CT molecular complexity index is 171. The first-order chi connectivity index (χ1) is 7.15. The largest absolute Gasteiger partial charge is 0.356 e. The van der Waals surface area contributed by atoms with Gasteiger partial charge >= 0.3 is 0 Å². The van der Waals surface area contributed by atoms with Gasteiger partial charge < -0.3 is 11.1 Å². The fourth-order valence-corrected chi connectivity index (χ4v) is 1.47. The zero-order chi connectivity index (χ0) is 11.7. The quantitative estimate of drug-likeness (QED) is 0.648. The molecule has 0 saturated carbocycles. The predicted molar refractivity (Wildman–Crippen MR) is 64.5 cm³/mol. The summed E-state index contributed by atoms with van der Waals surface area (Å²) in [6.07, 6.45) is 4.83. The molecule has 3 nitrogen and oxygen atoms in total. The van der Waals surface area contributed by atoms with Crippen molar-refractivity contribution in [3.63, 3.8) is 0 Å². The van der Waals surface area contributed by atoms with E-state index in [1.807, 2.05) is 6.92 Å². The van der Waals surface area contributed by atoms with Gasteiger partial charge in [0.15, 0.2) is 0 Å². The zero-order valence-electron chi connectivity index (χ0n) is 10.4. The summed E-state index contributed by atoms with van der Waals surface area (Å²) in [7, 11) is 0. The molecule has 0 heterocycles. The second-order valence-corrected chi connectivity index (χ2v) is 4.30. The van der Waals surface area contributed by atoms with Crippen LogP contribution in [-0.2, 0) is 4.79 Å². The number of rotatable bonds is 8. The number of carbonyl (C=O) groups excluding carboxylic acids is 1. The van der Waals surface area contributed by atoms with Crippen LogP contribution in [0.25, 0.3) is 0 Å². The Kier molecular flexibility index (Phi) is 8.38. The van der Waals surface area contributed by atoms with E-state index in [0.29, 0.717) is 12.5 Å². The first-order valence-electron chi connectivity index (χ1n) is 6.13. The molecule has 0 bridgehead atoms. The molecule has 3 heteroatoms. The molecule has 90 valence electrons. The fraction of sp³-hybridized carbons (Fsp3) is 0.917. The van der Waals surface area contributed by atoms with Crippen LogP contribution in [0.3, 0.4) is 0 Å². The van der Waals surface area contributed by atoms with Crippen molar-refractivity contribution in [1.29, 1.82) is 0 Å². The maximum Gasteiger partial charge on any atom is 0.224 e. The number of nitrogens with one attached hydrogen (secondary N) is 1. The highest BCUT2D eigenvalue weighted by molar-refractivity contribution is 5.78. The van der Waals surface area contributed by atoms with E-state index >= 15 is 0 Å². The Morgan fingerprint density at radius 1 is 1.40 bits per heavy atom. The Labute approximate surface area is 93.8 Å². The maximum absolute atomic E-state index is 11.5. The molecule has 0 aromatic carbocycles. The summed E-state index contributed by atoms with van der Waals surface area (Å²) in [5, 5.41) is 2.97. The molecular weight excluding hydrogens is 188 g/mol. The minimum absolute atomic E-state index is 0.0614. The van der Waals surface area contributed by atoms with Crippen molar-refractivity contribution in [2.24, 2.45) is 17.6 Å². The number of amides is 1. The van der Waals surface area contributed by atoms with Crippen LogP contribution < -0.4 is 11.1 Å². The minimum atomic E-state index is -0.0614. The van der Waals surface area contributed by atoms with E-state index in [4.69, 9.17) is 5.73 Å². The van der Waals surface area contributed by atoms with E-state index in [2.05, 4.69) is 19.2 Å². The van der Waals surface area contributed by atoms with E-state index in [0.717, 1.165) is 13.0 Å². The summed E-state index contributed by atoms with van der Waals surface area (Å²) in [6, 6.07) is 0. The van der Waals surface area contributed by atoms with Gasteiger partial charge in [0.05, 0.1) is 0 Å². The summed E-state index contributed by atoms with van der Waals surface area (Å²) >= 11 is 0. The van der Waals surface area contributed by atoms with Crippen LogP contribution in [0.5, 0.6) is 0 Å². The van der Waals surface area contributed by atoms with Crippen LogP contribution in [0.4, 0.5) is 0 Å². The lowest BCUT2D eigenvalue weighted by Gasteiger charge is -2.16. The Morgan fingerprint density at radius 2 is 2.07 bits per heavy atom. The minimum Gasteiger partial charge on any atom is -0.356 e. The first kappa shape index (κ1) is 14.4. The lowest BCUT2D eigenvalue weighted by molar-refractivity contribution is -0.124. The van der Waals surface area contributed by atoms with Gasteiger partial charge in [0.1, 0.15) is 0 Å². The first-order valence-corrected chi connectivity index (χ1v) is 6.13. The van der Waals surface area contributed by atoms with Crippen molar-refractivity contribution in [2.75, 3.05) is 13.1 Å². The van der Waals surface area contributed by atoms with Crippen molar-refractivity contribution < 1.29 is 4.79 Å². The molecule has 0 fully saturated rings. The lowest BCUT2D eigenvalue weighted by Crippen LogP contribution is -2.36. The molecule has 15 heavy (non-hydrogen) atoms. The van der Waals surface area contributed by atoms with Gasteiger partial charge in [-0.25, -0.2) is 0 Å². The Balaban J connectivity index is 3.74. The molecule has 0 rings (SSSR count). The molecule has 2 atom stereocenters. The molecule has 0 saturated heterocycles. The molecule has 1 amide bonds. The summed E-state index contributed by atoms with van der Waals surface area (Å²) in [5.41, 5.74) is 5.43. The topological polar surface area (TPSA) is 55.1 Å². The average molecular weight is 214 g/mol. The van der Waals surface area contributed by atoms with Crippen LogP contribution >= 0.6 is 0 Å². The van der Waals surface area contributed by atoms with E-state index in [9.17, 15) is 4.79 Å². The third kappa shape index (κ3) is 6.50. The van der Waals surface area contributed by atoms with Crippen LogP contribution in [0.15, 0.2) is 0 Å². The summed E-state index contributed by atoms with van der Waals surface area (Å²) in [4.78, 5) is 11.5. The van der Waals surface area contributed by atoms with Gasteiger partial charge in [0, 0.05) is 19.0 Å². The van der Waals surface area contributed by atoms with Gasteiger partial charge in [-0.3, -0.25) is 4.79 Å². The third-order valence-corrected chi connectivity index (χ3v) is 2.91. The van der Waals surface area contributed by atoms with Gasteiger partial charge in [-0.15, -0.1) is 0 Å². The monoisotopic (exact) mass is 214 g/mol. The molecule has 2 unspecified atom stereocenters. The molecule has 0 aromatic rings. The van der Waals surface area contributed by atoms with E-state index in [1.165, 1.54) is 19.3 Å². The molecule has 0 aromatic heterocycles. The average Bonchev–Trinajstić information content (AvgIpc) is 2.27. The van der Waals surface area contributed by atoms with Crippen molar-refractivity contribution in [3.05, 3.63) is 0 Å². The number of hydrogen-bond donors (Lipinski definition) is 2. The molecule has 0 radical (unpaired) electrons. The molecule has 0 aliphatic rings. The Morgan fingerprint density at radius 3 is 2.53 bits per heavy atom. The Hall–Kier alpha value is -0.570. The van der Waals surface area contributed by atoms with Gasteiger partial charge in [-0.2, -0.15) is 0 Å². The summed E-state index contributed by atoms with van der Waals surface area (Å²) in [6.45, 7) is 7.47. The SMILES string of the molecule is CCCCC(CC)CNC(=O)C(C)CN. The van der Waals surface area contributed by atoms with Gasteiger partial charge in [-0.05, 0) is 12.3 Å². The summed E-state index contributed by atoms with van der Waals surface area (Å²) in [5.74, 6) is 0.653. The van der Waals surface area contributed by atoms with Crippen molar-refractivity contribution in [2.45, 2.75) is 46.5 Å². The molecule has 0 spiro atoms. The highest BCUT2D eigenvalue weighted by Crippen LogP contribution is 2.11. The number of unbranched alkanes of at least 4 members (excludes halogenated alkanes) is 1. The van der Waals surface area contributed by atoms with E-state index in [1.54, 1.807) is 0 Å².